The van der Waals surface area contributed by atoms with E-state index in [-0.39, 0.29) is 35.1 Å². The van der Waals surface area contributed by atoms with Crippen molar-refractivity contribution in [1.82, 2.24) is 0 Å². The second-order valence-corrected chi connectivity index (χ2v) is 7.20. The lowest BCUT2D eigenvalue weighted by Gasteiger charge is -2.44. The molecule has 3 fully saturated rings. The van der Waals surface area contributed by atoms with Crippen LogP contribution in [0.25, 0.3) is 0 Å². The molecule has 100 valence electrons. The van der Waals surface area contributed by atoms with Crippen LogP contribution in [-0.2, 0) is 14.3 Å². The molecule has 0 radical (unpaired) electrons. The zero-order chi connectivity index (χ0) is 12.9. The highest BCUT2D eigenvalue weighted by Gasteiger charge is 2.56. The smallest absolute Gasteiger partial charge is 0.309 e. The highest BCUT2D eigenvalue weighted by atomic mass is 35.5. The van der Waals surface area contributed by atoms with Crippen LogP contribution in [0.3, 0.4) is 0 Å². The molecule has 2 saturated heterocycles. The third kappa shape index (κ3) is 1.88. The van der Waals surface area contributed by atoms with E-state index in [1.54, 1.807) is 0 Å². The van der Waals surface area contributed by atoms with Crippen LogP contribution in [0.4, 0.5) is 0 Å². The van der Waals surface area contributed by atoms with Gasteiger partial charge in [0.25, 0.3) is 0 Å². The molecule has 0 aromatic carbocycles. The predicted molar refractivity (Wildman–Crippen MR) is 70.4 cm³/mol. The summed E-state index contributed by atoms with van der Waals surface area (Å²) >= 11 is 7.77. The minimum absolute atomic E-state index is 0.00634. The van der Waals surface area contributed by atoms with Gasteiger partial charge in [0.15, 0.2) is 0 Å². The van der Waals surface area contributed by atoms with E-state index in [0.29, 0.717) is 11.8 Å². The molecule has 6 atom stereocenters. The first kappa shape index (κ1) is 12.8. The number of carbonyl (C=O) groups is 2. The lowest BCUT2D eigenvalue weighted by molar-refractivity contribution is -0.144. The Morgan fingerprint density at radius 2 is 2.28 bits per heavy atom. The molecule has 1 saturated carbocycles. The first-order valence-corrected chi connectivity index (χ1v) is 8.10. The monoisotopic (exact) mass is 288 g/mol. The number of ether oxygens (including phenoxy) is 1. The molecule has 0 aromatic heterocycles. The van der Waals surface area contributed by atoms with Crippen molar-refractivity contribution < 1.29 is 14.3 Å². The standard InChI is InChI=1S/C13H17ClO3S/c1-6-10-9(13(16)17-6)4-7-5-18-3-2-8(7)11(10)12(14)15/h6-11H,2-5H2,1H3/t6-,7-,8-,9-,10-,11+/m1/s1. The topological polar surface area (TPSA) is 43.4 Å². The Kier molecular flexibility index (Phi) is 3.35. The Bertz CT molecular complexity index is 386. The summed E-state index contributed by atoms with van der Waals surface area (Å²) in [5.74, 6) is 2.56. The molecule has 2 heterocycles. The van der Waals surface area contributed by atoms with E-state index in [2.05, 4.69) is 0 Å². The Balaban J connectivity index is 1.94. The summed E-state index contributed by atoms with van der Waals surface area (Å²) in [4.78, 5) is 23.7. The minimum Gasteiger partial charge on any atom is -0.462 e. The summed E-state index contributed by atoms with van der Waals surface area (Å²) in [7, 11) is 0. The van der Waals surface area contributed by atoms with Gasteiger partial charge >= 0.3 is 5.97 Å². The third-order valence-electron chi connectivity index (χ3n) is 4.84. The number of hydrogen-bond donors (Lipinski definition) is 0. The van der Waals surface area contributed by atoms with Crippen molar-refractivity contribution in [2.24, 2.45) is 29.6 Å². The van der Waals surface area contributed by atoms with Gasteiger partial charge in [-0.1, -0.05) is 0 Å². The maximum atomic E-state index is 11.9. The number of carbonyl (C=O) groups excluding carboxylic acids is 2. The van der Waals surface area contributed by atoms with Crippen LogP contribution in [0, 0.1) is 29.6 Å². The fourth-order valence-corrected chi connectivity index (χ4v) is 5.69. The first-order chi connectivity index (χ1) is 8.59. The second kappa shape index (κ2) is 4.71. The van der Waals surface area contributed by atoms with E-state index in [1.807, 2.05) is 18.7 Å². The number of halogens is 1. The van der Waals surface area contributed by atoms with Crippen LogP contribution in [0.5, 0.6) is 0 Å². The van der Waals surface area contributed by atoms with Crippen molar-refractivity contribution in [3.8, 4) is 0 Å². The largest absolute Gasteiger partial charge is 0.462 e. The van der Waals surface area contributed by atoms with Gasteiger partial charge in [-0.2, -0.15) is 11.8 Å². The summed E-state index contributed by atoms with van der Waals surface area (Å²) in [5, 5.41) is -0.267. The molecule has 0 N–H and O–H groups in total. The molecule has 3 nitrogen and oxygen atoms in total. The Morgan fingerprint density at radius 1 is 1.50 bits per heavy atom. The van der Waals surface area contributed by atoms with Gasteiger partial charge in [-0.25, -0.2) is 0 Å². The molecular weight excluding hydrogens is 272 g/mol. The number of fused-ring (bicyclic) bond motifs is 2. The molecule has 1 aliphatic carbocycles. The van der Waals surface area contributed by atoms with Crippen LogP contribution < -0.4 is 0 Å². The summed E-state index contributed by atoms with van der Waals surface area (Å²) in [5.41, 5.74) is 0. The van der Waals surface area contributed by atoms with Gasteiger partial charge in [0.1, 0.15) is 6.10 Å². The molecule has 18 heavy (non-hydrogen) atoms. The maximum Gasteiger partial charge on any atom is 0.309 e. The van der Waals surface area contributed by atoms with Crippen LogP contribution in [0.15, 0.2) is 0 Å². The molecule has 0 bridgehead atoms. The zero-order valence-electron chi connectivity index (χ0n) is 10.3. The average Bonchev–Trinajstić information content (AvgIpc) is 2.62. The van der Waals surface area contributed by atoms with E-state index < -0.39 is 0 Å². The first-order valence-electron chi connectivity index (χ1n) is 6.57. The van der Waals surface area contributed by atoms with Crippen LogP contribution in [-0.4, -0.2) is 28.8 Å². The number of thioether (sulfide) groups is 1. The summed E-state index contributed by atoms with van der Waals surface area (Å²) in [6, 6.07) is 0. The van der Waals surface area contributed by atoms with E-state index in [1.165, 1.54) is 0 Å². The lowest BCUT2D eigenvalue weighted by atomic mass is 9.61. The normalized spacial score (nSPS) is 47.1. The SMILES string of the molecule is C[C@H]1OC(=O)[C@@H]2C[C@@H]3CSCC[C@H]3[C@H](C(=O)Cl)[C@H]12. The Hall–Kier alpha value is -0.220. The van der Waals surface area contributed by atoms with Crippen LogP contribution in [0.2, 0.25) is 0 Å². The van der Waals surface area contributed by atoms with Gasteiger partial charge < -0.3 is 4.74 Å². The van der Waals surface area contributed by atoms with Crippen LogP contribution >= 0.6 is 23.4 Å². The van der Waals surface area contributed by atoms with Crippen molar-refractivity contribution in [1.29, 1.82) is 0 Å². The van der Waals surface area contributed by atoms with Gasteiger partial charge in [0.2, 0.25) is 5.24 Å². The molecule has 2 aliphatic heterocycles. The van der Waals surface area contributed by atoms with Gasteiger partial charge in [-0.3, -0.25) is 9.59 Å². The van der Waals surface area contributed by atoms with Gasteiger partial charge in [0.05, 0.1) is 5.92 Å². The van der Waals surface area contributed by atoms with E-state index in [4.69, 9.17) is 16.3 Å². The van der Waals surface area contributed by atoms with E-state index >= 15 is 0 Å². The van der Waals surface area contributed by atoms with Gasteiger partial charge in [0, 0.05) is 11.8 Å². The Labute approximate surface area is 116 Å². The number of hydrogen-bond acceptors (Lipinski definition) is 4. The van der Waals surface area contributed by atoms with Gasteiger partial charge in [-0.05, 0) is 54.7 Å². The molecular formula is C13H17ClO3S. The highest BCUT2D eigenvalue weighted by molar-refractivity contribution is 7.99. The van der Waals surface area contributed by atoms with E-state index in [9.17, 15) is 9.59 Å². The fourth-order valence-electron chi connectivity index (χ4n) is 4.09. The molecule has 0 unspecified atom stereocenters. The summed E-state index contributed by atoms with van der Waals surface area (Å²) < 4.78 is 5.34. The van der Waals surface area contributed by atoms with Crippen molar-refractivity contribution in [3.63, 3.8) is 0 Å². The van der Waals surface area contributed by atoms with E-state index in [0.717, 1.165) is 24.3 Å². The predicted octanol–water partition coefficient (Wildman–Crippen LogP) is 2.32. The van der Waals surface area contributed by atoms with Crippen LogP contribution in [0.1, 0.15) is 19.8 Å². The molecule has 5 heteroatoms. The average molecular weight is 289 g/mol. The molecule has 3 rings (SSSR count). The molecule has 0 amide bonds. The molecule has 0 aromatic rings. The van der Waals surface area contributed by atoms with Crippen molar-refractivity contribution in [3.05, 3.63) is 0 Å². The molecule has 0 spiro atoms. The van der Waals surface area contributed by atoms with Crippen molar-refractivity contribution >= 4 is 34.6 Å². The second-order valence-electron chi connectivity index (χ2n) is 5.68. The lowest BCUT2D eigenvalue weighted by Crippen LogP contribution is -2.47. The fraction of sp³-hybridized carbons (Fsp3) is 0.846. The number of esters is 1. The Morgan fingerprint density at radius 3 is 3.00 bits per heavy atom. The summed E-state index contributed by atoms with van der Waals surface area (Å²) in [6.45, 7) is 1.90. The van der Waals surface area contributed by atoms with Gasteiger partial charge in [-0.15, -0.1) is 0 Å². The number of rotatable bonds is 1. The molecule has 3 aliphatic rings. The zero-order valence-corrected chi connectivity index (χ0v) is 11.9. The quantitative estimate of drug-likeness (QED) is 0.549. The highest BCUT2D eigenvalue weighted by Crippen LogP contribution is 2.52. The van der Waals surface area contributed by atoms with Crippen molar-refractivity contribution in [2.45, 2.75) is 25.9 Å². The summed E-state index contributed by atoms with van der Waals surface area (Å²) in [6.07, 6.45) is 1.76. The van der Waals surface area contributed by atoms with Crippen molar-refractivity contribution in [2.75, 3.05) is 11.5 Å². The minimum atomic E-state index is -0.267. The number of cyclic esters (lactones) is 1. The third-order valence-corrected chi connectivity index (χ3v) is 6.28. The maximum absolute atomic E-state index is 11.9.